The Morgan fingerprint density at radius 1 is 0.483 bits per heavy atom. The number of carbonyl (C=O) groups is 2. The molecule has 0 saturated heterocycles. The van der Waals surface area contributed by atoms with Gasteiger partial charge >= 0.3 is 11.9 Å². The van der Waals surface area contributed by atoms with Crippen LogP contribution in [0.15, 0.2) is 12.2 Å². The Labute approximate surface area is 179 Å². The highest BCUT2D eigenvalue weighted by Gasteiger charge is 2.01. The quantitative estimate of drug-likeness (QED) is 0.113. The molecule has 0 aliphatic carbocycles. The van der Waals surface area contributed by atoms with Crippen molar-refractivity contribution in [3.05, 3.63) is 12.2 Å². The van der Waals surface area contributed by atoms with Crippen LogP contribution in [0.5, 0.6) is 0 Å². The minimum absolute atomic E-state index is 0.408. The molecule has 0 aliphatic rings. The highest BCUT2D eigenvalue weighted by molar-refractivity contribution is 5.91. The Hall–Kier alpha value is -1.32. The minimum atomic E-state index is -0.477. The van der Waals surface area contributed by atoms with Gasteiger partial charge in [0.05, 0.1) is 13.2 Å². The van der Waals surface area contributed by atoms with E-state index in [0.717, 1.165) is 44.3 Å². The molecule has 0 aliphatic heterocycles. The average molecular weight is 411 g/mol. The van der Waals surface area contributed by atoms with E-state index in [1.165, 1.54) is 77.0 Å². The zero-order chi connectivity index (χ0) is 21.4. The van der Waals surface area contributed by atoms with Gasteiger partial charge in [0.25, 0.3) is 0 Å². The van der Waals surface area contributed by atoms with Gasteiger partial charge in [0.2, 0.25) is 0 Å². The van der Waals surface area contributed by atoms with E-state index in [2.05, 4.69) is 13.8 Å². The van der Waals surface area contributed by atoms with E-state index in [-0.39, 0.29) is 0 Å². The molecule has 0 spiro atoms. The molecule has 4 nitrogen and oxygen atoms in total. The zero-order valence-corrected chi connectivity index (χ0v) is 19.2. The molecule has 0 fully saturated rings. The number of ether oxygens (including phenoxy) is 2. The number of hydrogen-bond donors (Lipinski definition) is 0. The summed E-state index contributed by atoms with van der Waals surface area (Å²) in [6.07, 6.45) is 23.5. The van der Waals surface area contributed by atoms with Crippen LogP contribution in [-0.4, -0.2) is 25.2 Å². The van der Waals surface area contributed by atoms with E-state index in [9.17, 15) is 9.59 Å². The maximum atomic E-state index is 11.5. The van der Waals surface area contributed by atoms with E-state index in [1.54, 1.807) is 0 Å². The maximum absolute atomic E-state index is 11.5. The standard InChI is InChI=1S/C25H46O4/c1-3-5-7-8-9-10-11-12-13-14-15-16-17-19-23-29-25(27)21-20-24(26)28-22-18-6-4-2/h20-21H,3-19,22-23H2,1-2H3/b21-20+. The van der Waals surface area contributed by atoms with Crippen molar-refractivity contribution >= 4 is 11.9 Å². The van der Waals surface area contributed by atoms with E-state index >= 15 is 0 Å². The first-order valence-electron chi connectivity index (χ1n) is 12.2. The van der Waals surface area contributed by atoms with Gasteiger partial charge in [-0.1, -0.05) is 110 Å². The Balaban J connectivity index is 3.32. The van der Waals surface area contributed by atoms with Gasteiger partial charge in [-0.05, 0) is 12.8 Å². The van der Waals surface area contributed by atoms with Gasteiger partial charge in [0.15, 0.2) is 0 Å². The van der Waals surface area contributed by atoms with Gasteiger partial charge in [0, 0.05) is 12.2 Å². The van der Waals surface area contributed by atoms with Gasteiger partial charge in [-0.15, -0.1) is 0 Å². The first kappa shape index (κ1) is 27.7. The molecule has 0 heterocycles. The molecule has 0 bridgehead atoms. The SMILES string of the molecule is CCCCCCCCCCCCCCCCOC(=O)/C=C/C(=O)OCCCCC. The average Bonchev–Trinajstić information content (AvgIpc) is 2.72. The fraction of sp³-hybridized carbons (Fsp3) is 0.840. The molecule has 0 amide bonds. The minimum Gasteiger partial charge on any atom is -0.463 e. The summed E-state index contributed by atoms with van der Waals surface area (Å²) in [5.41, 5.74) is 0. The van der Waals surface area contributed by atoms with Gasteiger partial charge in [-0.3, -0.25) is 0 Å². The molecule has 0 radical (unpaired) electrons. The van der Waals surface area contributed by atoms with Crippen LogP contribution in [0.25, 0.3) is 0 Å². The van der Waals surface area contributed by atoms with Gasteiger partial charge < -0.3 is 9.47 Å². The molecule has 0 atom stereocenters. The molecule has 0 N–H and O–H groups in total. The molecular weight excluding hydrogens is 364 g/mol. The molecule has 0 rings (SSSR count). The lowest BCUT2D eigenvalue weighted by Gasteiger charge is -2.04. The lowest BCUT2D eigenvalue weighted by Crippen LogP contribution is -2.06. The molecule has 0 unspecified atom stereocenters. The molecule has 0 aromatic rings. The van der Waals surface area contributed by atoms with Crippen LogP contribution in [0.3, 0.4) is 0 Å². The summed E-state index contributed by atoms with van der Waals surface area (Å²) in [7, 11) is 0. The third kappa shape index (κ3) is 22.8. The fourth-order valence-corrected chi connectivity index (χ4v) is 3.23. The van der Waals surface area contributed by atoms with Crippen molar-refractivity contribution in [2.24, 2.45) is 0 Å². The second-order valence-corrected chi connectivity index (χ2v) is 7.97. The first-order chi connectivity index (χ1) is 14.2. The molecular formula is C25H46O4. The Morgan fingerprint density at radius 3 is 1.14 bits per heavy atom. The number of rotatable bonds is 21. The highest BCUT2D eigenvalue weighted by atomic mass is 16.5. The first-order valence-corrected chi connectivity index (χ1v) is 12.2. The highest BCUT2D eigenvalue weighted by Crippen LogP contribution is 2.12. The Morgan fingerprint density at radius 2 is 0.759 bits per heavy atom. The molecule has 0 saturated carbocycles. The Bertz CT molecular complexity index is 404. The van der Waals surface area contributed by atoms with Crippen LogP contribution >= 0.6 is 0 Å². The summed E-state index contributed by atoms with van der Waals surface area (Å²) < 4.78 is 10.1. The second kappa shape index (κ2) is 23.0. The smallest absolute Gasteiger partial charge is 0.331 e. The Kier molecular flexibility index (Phi) is 21.9. The van der Waals surface area contributed by atoms with E-state index in [4.69, 9.17) is 9.47 Å². The van der Waals surface area contributed by atoms with Crippen LogP contribution in [0.2, 0.25) is 0 Å². The van der Waals surface area contributed by atoms with Gasteiger partial charge in [-0.2, -0.15) is 0 Å². The number of carbonyl (C=O) groups excluding carboxylic acids is 2. The van der Waals surface area contributed by atoms with Crippen LogP contribution in [0.1, 0.15) is 123 Å². The fourth-order valence-electron chi connectivity index (χ4n) is 3.23. The molecule has 0 aromatic carbocycles. The van der Waals surface area contributed by atoms with Crippen molar-refractivity contribution in [2.75, 3.05) is 13.2 Å². The van der Waals surface area contributed by atoms with Crippen LogP contribution in [0, 0.1) is 0 Å². The molecule has 0 aromatic heterocycles. The summed E-state index contributed by atoms with van der Waals surface area (Å²) in [6.45, 7) is 5.19. The molecule has 29 heavy (non-hydrogen) atoms. The summed E-state index contributed by atoms with van der Waals surface area (Å²) in [5.74, 6) is -0.945. The van der Waals surface area contributed by atoms with Crippen LogP contribution in [0.4, 0.5) is 0 Å². The third-order valence-electron chi connectivity index (χ3n) is 5.09. The summed E-state index contributed by atoms with van der Waals surface area (Å²) >= 11 is 0. The molecule has 170 valence electrons. The lowest BCUT2D eigenvalue weighted by atomic mass is 10.0. The topological polar surface area (TPSA) is 52.6 Å². The summed E-state index contributed by atoms with van der Waals surface area (Å²) in [4.78, 5) is 22.9. The second-order valence-electron chi connectivity index (χ2n) is 7.97. The number of hydrogen-bond acceptors (Lipinski definition) is 4. The summed E-state index contributed by atoms with van der Waals surface area (Å²) in [6, 6.07) is 0. The van der Waals surface area contributed by atoms with Crippen molar-refractivity contribution in [2.45, 2.75) is 123 Å². The lowest BCUT2D eigenvalue weighted by molar-refractivity contribution is -0.140. The normalized spacial score (nSPS) is 11.1. The maximum Gasteiger partial charge on any atom is 0.331 e. The van der Waals surface area contributed by atoms with Crippen LogP contribution < -0.4 is 0 Å². The van der Waals surface area contributed by atoms with Crippen molar-refractivity contribution in [3.8, 4) is 0 Å². The van der Waals surface area contributed by atoms with Crippen molar-refractivity contribution in [1.82, 2.24) is 0 Å². The third-order valence-corrected chi connectivity index (χ3v) is 5.09. The van der Waals surface area contributed by atoms with Gasteiger partial charge in [-0.25, -0.2) is 9.59 Å². The predicted molar refractivity (Wildman–Crippen MR) is 121 cm³/mol. The van der Waals surface area contributed by atoms with Crippen molar-refractivity contribution < 1.29 is 19.1 Å². The summed E-state index contributed by atoms with van der Waals surface area (Å²) in [5, 5.41) is 0. The largest absolute Gasteiger partial charge is 0.463 e. The van der Waals surface area contributed by atoms with Crippen molar-refractivity contribution in [3.63, 3.8) is 0 Å². The zero-order valence-electron chi connectivity index (χ0n) is 19.2. The predicted octanol–water partition coefficient (Wildman–Crippen LogP) is 7.30. The number of unbranched alkanes of at least 4 members (excludes halogenated alkanes) is 15. The van der Waals surface area contributed by atoms with Crippen LogP contribution in [-0.2, 0) is 19.1 Å². The molecule has 4 heteroatoms. The van der Waals surface area contributed by atoms with E-state index in [1.807, 2.05) is 0 Å². The van der Waals surface area contributed by atoms with E-state index < -0.39 is 11.9 Å². The monoisotopic (exact) mass is 410 g/mol. The van der Waals surface area contributed by atoms with E-state index in [0.29, 0.717) is 13.2 Å². The van der Waals surface area contributed by atoms with Crippen molar-refractivity contribution in [1.29, 1.82) is 0 Å². The number of esters is 2. The van der Waals surface area contributed by atoms with Gasteiger partial charge in [0.1, 0.15) is 0 Å².